The van der Waals surface area contributed by atoms with E-state index in [0.717, 1.165) is 27.2 Å². The molecule has 1 amide bonds. The number of nitro groups is 1. The molecule has 0 aliphatic rings. The molecule has 0 atom stereocenters. The van der Waals surface area contributed by atoms with E-state index in [2.05, 4.69) is 15.5 Å². The molecule has 0 saturated heterocycles. The number of amides is 1. The van der Waals surface area contributed by atoms with Gasteiger partial charge in [-0.15, -0.1) is 0 Å². The topological polar surface area (TPSA) is 100 Å². The number of H-pyrrole nitrogens is 1. The first-order valence-corrected chi connectivity index (χ1v) is 8.20. The van der Waals surface area contributed by atoms with Gasteiger partial charge in [0.15, 0.2) is 0 Å². The molecular weight excluding hydrogens is 344 g/mol. The number of hydrazone groups is 1. The van der Waals surface area contributed by atoms with Crippen LogP contribution in [0, 0.1) is 10.1 Å². The van der Waals surface area contributed by atoms with Crippen molar-refractivity contribution in [2.75, 3.05) is 0 Å². The number of nitro benzene ring substituents is 1. The van der Waals surface area contributed by atoms with Gasteiger partial charge >= 0.3 is 0 Å². The second kappa shape index (κ2) is 6.72. The zero-order chi connectivity index (χ0) is 18.8. The highest BCUT2D eigenvalue weighted by molar-refractivity contribution is 6.11. The van der Waals surface area contributed by atoms with Crippen LogP contribution >= 0.6 is 0 Å². The maximum absolute atomic E-state index is 12.1. The van der Waals surface area contributed by atoms with E-state index < -0.39 is 10.8 Å². The van der Waals surface area contributed by atoms with Crippen LogP contribution in [-0.2, 0) is 0 Å². The maximum atomic E-state index is 12.1. The normalized spacial score (nSPS) is 11.3. The van der Waals surface area contributed by atoms with Gasteiger partial charge in [-0.25, -0.2) is 5.43 Å². The summed E-state index contributed by atoms with van der Waals surface area (Å²) in [6, 6.07) is 17.5. The van der Waals surface area contributed by atoms with Crippen molar-refractivity contribution < 1.29 is 9.72 Å². The molecule has 0 bridgehead atoms. The first-order chi connectivity index (χ1) is 13.1. The number of hydrogen-bond donors (Lipinski definition) is 2. The van der Waals surface area contributed by atoms with Crippen molar-refractivity contribution in [2.24, 2.45) is 5.10 Å². The average molecular weight is 358 g/mol. The standard InChI is InChI=1S/C20H14N4O3/c25-20(14-5-8-16(9-6-14)24(26)27)23-22-12-15-11-21-19-17-4-2-1-3-13(17)7-10-18(15)19/h1-12,21H,(H,23,25)/b22-12-. The maximum Gasteiger partial charge on any atom is 0.271 e. The summed E-state index contributed by atoms with van der Waals surface area (Å²) in [4.78, 5) is 25.5. The Labute approximate surface area is 153 Å². The van der Waals surface area contributed by atoms with Crippen molar-refractivity contribution in [2.45, 2.75) is 0 Å². The Morgan fingerprint density at radius 2 is 1.81 bits per heavy atom. The van der Waals surface area contributed by atoms with Crippen LogP contribution in [-0.4, -0.2) is 22.0 Å². The van der Waals surface area contributed by atoms with Crippen LogP contribution in [0.4, 0.5) is 5.69 Å². The zero-order valence-corrected chi connectivity index (χ0v) is 14.0. The van der Waals surface area contributed by atoms with Crippen molar-refractivity contribution in [3.05, 3.63) is 88.1 Å². The highest BCUT2D eigenvalue weighted by atomic mass is 16.6. The molecule has 4 rings (SSSR count). The lowest BCUT2D eigenvalue weighted by molar-refractivity contribution is -0.384. The lowest BCUT2D eigenvalue weighted by atomic mass is 10.1. The fourth-order valence-electron chi connectivity index (χ4n) is 2.96. The van der Waals surface area contributed by atoms with Crippen molar-refractivity contribution in [1.29, 1.82) is 0 Å². The van der Waals surface area contributed by atoms with Gasteiger partial charge in [0, 0.05) is 40.2 Å². The van der Waals surface area contributed by atoms with Crippen molar-refractivity contribution in [1.82, 2.24) is 10.4 Å². The molecule has 0 aliphatic carbocycles. The molecule has 2 N–H and O–H groups in total. The molecule has 132 valence electrons. The van der Waals surface area contributed by atoms with Gasteiger partial charge in [-0.3, -0.25) is 14.9 Å². The third-order valence-electron chi connectivity index (χ3n) is 4.32. The molecular formula is C20H14N4O3. The van der Waals surface area contributed by atoms with Gasteiger partial charge in [0.1, 0.15) is 0 Å². The molecule has 3 aromatic carbocycles. The van der Waals surface area contributed by atoms with Crippen LogP contribution in [0.1, 0.15) is 15.9 Å². The minimum Gasteiger partial charge on any atom is -0.360 e. The number of non-ortho nitro benzene ring substituents is 1. The van der Waals surface area contributed by atoms with E-state index in [0.29, 0.717) is 5.56 Å². The molecule has 7 nitrogen and oxygen atoms in total. The molecule has 0 saturated carbocycles. The average Bonchev–Trinajstić information content (AvgIpc) is 3.11. The SMILES string of the molecule is O=C(N/N=C\c1c[nH]c2c1ccc1ccccc12)c1ccc([N+](=O)[O-])cc1. The summed E-state index contributed by atoms with van der Waals surface area (Å²) in [5, 5.41) is 17.9. The van der Waals surface area contributed by atoms with Gasteiger partial charge in [0.2, 0.25) is 0 Å². The Morgan fingerprint density at radius 1 is 1.04 bits per heavy atom. The molecule has 0 spiro atoms. The van der Waals surface area contributed by atoms with Crippen molar-refractivity contribution in [3.63, 3.8) is 0 Å². The van der Waals surface area contributed by atoms with E-state index >= 15 is 0 Å². The summed E-state index contributed by atoms with van der Waals surface area (Å²) in [5.41, 5.74) is 4.52. The number of carbonyl (C=O) groups is 1. The molecule has 0 fully saturated rings. The fourth-order valence-corrected chi connectivity index (χ4v) is 2.96. The second-order valence-corrected chi connectivity index (χ2v) is 5.96. The Balaban J connectivity index is 1.53. The van der Waals surface area contributed by atoms with E-state index in [9.17, 15) is 14.9 Å². The minimum atomic E-state index is -0.513. The highest BCUT2D eigenvalue weighted by Gasteiger charge is 2.09. The zero-order valence-electron chi connectivity index (χ0n) is 14.0. The third-order valence-corrected chi connectivity index (χ3v) is 4.32. The van der Waals surface area contributed by atoms with Gasteiger partial charge in [-0.05, 0) is 17.5 Å². The Kier molecular flexibility index (Phi) is 4.10. The van der Waals surface area contributed by atoms with E-state index in [4.69, 9.17) is 0 Å². The molecule has 0 aliphatic heterocycles. The first-order valence-electron chi connectivity index (χ1n) is 8.20. The number of fused-ring (bicyclic) bond motifs is 3. The monoisotopic (exact) mass is 358 g/mol. The number of rotatable bonds is 4. The summed E-state index contributed by atoms with van der Waals surface area (Å²) < 4.78 is 0. The first kappa shape index (κ1) is 16.5. The number of nitrogens with one attached hydrogen (secondary N) is 2. The lowest BCUT2D eigenvalue weighted by Gasteiger charge is -2.00. The molecule has 1 heterocycles. The van der Waals surface area contributed by atoms with Gasteiger partial charge in [-0.2, -0.15) is 5.10 Å². The minimum absolute atomic E-state index is 0.0685. The van der Waals surface area contributed by atoms with Crippen LogP contribution in [0.5, 0.6) is 0 Å². The summed E-state index contributed by atoms with van der Waals surface area (Å²) in [6.45, 7) is 0. The largest absolute Gasteiger partial charge is 0.360 e. The molecule has 4 aromatic rings. The van der Waals surface area contributed by atoms with Crippen LogP contribution in [0.3, 0.4) is 0 Å². The number of hydrogen-bond acceptors (Lipinski definition) is 4. The van der Waals surface area contributed by atoms with Crippen LogP contribution < -0.4 is 5.43 Å². The Morgan fingerprint density at radius 3 is 2.59 bits per heavy atom. The smallest absolute Gasteiger partial charge is 0.271 e. The van der Waals surface area contributed by atoms with E-state index in [1.165, 1.54) is 24.3 Å². The van der Waals surface area contributed by atoms with Crippen LogP contribution in [0.2, 0.25) is 0 Å². The summed E-state index contributed by atoms with van der Waals surface area (Å²) in [6.07, 6.45) is 3.40. The Hall–Kier alpha value is -4.00. The number of benzene rings is 3. The highest BCUT2D eigenvalue weighted by Crippen LogP contribution is 2.26. The van der Waals surface area contributed by atoms with Crippen molar-refractivity contribution in [3.8, 4) is 0 Å². The molecule has 0 unspecified atom stereocenters. The number of nitrogens with zero attached hydrogens (tertiary/aromatic N) is 2. The Bertz CT molecular complexity index is 1190. The lowest BCUT2D eigenvalue weighted by Crippen LogP contribution is -2.17. The predicted octanol–water partition coefficient (Wildman–Crippen LogP) is 3.99. The summed E-state index contributed by atoms with van der Waals surface area (Å²) in [5.74, 6) is -0.438. The van der Waals surface area contributed by atoms with E-state index in [1.54, 1.807) is 6.21 Å². The number of carbonyl (C=O) groups excluding carboxylic acids is 1. The summed E-state index contributed by atoms with van der Waals surface area (Å²) >= 11 is 0. The molecule has 7 heteroatoms. The van der Waals surface area contributed by atoms with Gasteiger partial charge < -0.3 is 4.98 Å². The predicted molar refractivity (Wildman–Crippen MR) is 104 cm³/mol. The van der Waals surface area contributed by atoms with Crippen LogP contribution in [0.15, 0.2) is 72.0 Å². The van der Waals surface area contributed by atoms with Crippen molar-refractivity contribution >= 4 is 39.5 Å². The van der Waals surface area contributed by atoms with Gasteiger partial charge in [0.05, 0.1) is 16.7 Å². The number of aromatic amines is 1. The fraction of sp³-hybridized carbons (Fsp3) is 0. The van der Waals surface area contributed by atoms with Gasteiger partial charge in [0.25, 0.3) is 11.6 Å². The second-order valence-electron chi connectivity index (χ2n) is 5.96. The molecule has 27 heavy (non-hydrogen) atoms. The molecule has 0 radical (unpaired) electrons. The van der Waals surface area contributed by atoms with Gasteiger partial charge in [-0.1, -0.05) is 36.4 Å². The molecule has 1 aromatic heterocycles. The quantitative estimate of drug-likeness (QED) is 0.328. The van der Waals surface area contributed by atoms with E-state index in [1.807, 2.05) is 42.6 Å². The number of aromatic nitrogens is 1. The van der Waals surface area contributed by atoms with E-state index in [-0.39, 0.29) is 5.69 Å². The summed E-state index contributed by atoms with van der Waals surface area (Å²) in [7, 11) is 0. The van der Waals surface area contributed by atoms with Crippen LogP contribution in [0.25, 0.3) is 21.7 Å². The third kappa shape index (κ3) is 3.13.